The van der Waals surface area contributed by atoms with Crippen LogP contribution in [0.3, 0.4) is 0 Å². The zero-order valence-corrected chi connectivity index (χ0v) is 8.65. The summed E-state index contributed by atoms with van der Waals surface area (Å²) in [5.74, 6) is -1.42. The molecule has 2 N–H and O–H groups in total. The summed E-state index contributed by atoms with van der Waals surface area (Å²) in [6, 6.07) is 1.85. The molecule has 0 aliphatic heterocycles. The molecule has 1 aromatic heterocycles. The Labute approximate surface area is 86.9 Å². The molecule has 1 aromatic rings. The van der Waals surface area contributed by atoms with Crippen LogP contribution in [0, 0.1) is 13.8 Å². The maximum absolute atomic E-state index is 11.2. The van der Waals surface area contributed by atoms with Crippen LogP contribution in [0.25, 0.3) is 0 Å². The number of carboxylic acids is 1. The van der Waals surface area contributed by atoms with Crippen LogP contribution in [-0.4, -0.2) is 33.3 Å². The van der Waals surface area contributed by atoms with Crippen molar-refractivity contribution < 1.29 is 14.7 Å². The second-order valence-electron chi connectivity index (χ2n) is 3.26. The fraction of sp³-hybridized carbons (Fsp3) is 0.444. The second-order valence-corrected chi connectivity index (χ2v) is 3.26. The van der Waals surface area contributed by atoms with Gasteiger partial charge in [0.05, 0.1) is 5.69 Å². The Morgan fingerprint density at radius 1 is 1.53 bits per heavy atom. The number of amides is 1. The molecule has 0 saturated carbocycles. The Hall–Kier alpha value is -1.85. The van der Waals surface area contributed by atoms with Crippen molar-refractivity contribution in [2.24, 2.45) is 0 Å². The van der Waals surface area contributed by atoms with Crippen LogP contribution in [0.5, 0.6) is 0 Å². The molecule has 1 heterocycles. The van der Waals surface area contributed by atoms with Gasteiger partial charge in [0.25, 0.3) is 0 Å². The summed E-state index contributed by atoms with van der Waals surface area (Å²) >= 11 is 0. The van der Waals surface area contributed by atoms with Crippen LogP contribution in [-0.2, 0) is 16.1 Å². The van der Waals surface area contributed by atoms with E-state index in [1.54, 1.807) is 0 Å². The highest BCUT2D eigenvalue weighted by Crippen LogP contribution is 2.00. The molecule has 0 bridgehead atoms. The average Bonchev–Trinajstić information content (AvgIpc) is 2.42. The zero-order valence-electron chi connectivity index (χ0n) is 8.65. The molecule has 0 saturated heterocycles. The van der Waals surface area contributed by atoms with E-state index >= 15 is 0 Å². The van der Waals surface area contributed by atoms with E-state index in [4.69, 9.17) is 5.11 Å². The van der Waals surface area contributed by atoms with E-state index in [0.29, 0.717) is 0 Å². The molecule has 0 atom stereocenters. The molecule has 0 aliphatic carbocycles. The van der Waals surface area contributed by atoms with Gasteiger partial charge in [-0.1, -0.05) is 0 Å². The molecule has 15 heavy (non-hydrogen) atoms. The van der Waals surface area contributed by atoms with Crippen LogP contribution in [0.15, 0.2) is 6.07 Å². The van der Waals surface area contributed by atoms with Gasteiger partial charge in [-0.15, -0.1) is 0 Å². The molecule has 82 valence electrons. The Morgan fingerprint density at radius 2 is 2.20 bits per heavy atom. The highest BCUT2D eigenvalue weighted by Gasteiger charge is 2.07. The van der Waals surface area contributed by atoms with Crippen LogP contribution in [0.1, 0.15) is 11.4 Å². The lowest BCUT2D eigenvalue weighted by Crippen LogP contribution is -2.32. The number of carboxylic acid groups (broad SMARTS) is 1. The Bertz CT molecular complexity index is 384. The number of hydrogen-bond donors (Lipinski definition) is 2. The third kappa shape index (κ3) is 3.41. The van der Waals surface area contributed by atoms with Gasteiger partial charge in [0.1, 0.15) is 13.1 Å². The van der Waals surface area contributed by atoms with Gasteiger partial charge in [-0.05, 0) is 19.9 Å². The number of carbonyl (C=O) groups excluding carboxylic acids is 1. The van der Waals surface area contributed by atoms with Crippen molar-refractivity contribution in [1.82, 2.24) is 15.1 Å². The van der Waals surface area contributed by atoms with Gasteiger partial charge in [0.15, 0.2) is 0 Å². The number of aliphatic carboxylic acids is 1. The van der Waals surface area contributed by atoms with E-state index in [1.165, 1.54) is 4.68 Å². The largest absolute Gasteiger partial charge is 0.480 e. The zero-order chi connectivity index (χ0) is 11.4. The van der Waals surface area contributed by atoms with Crippen LogP contribution in [0.2, 0.25) is 0 Å². The predicted molar refractivity (Wildman–Crippen MR) is 52.3 cm³/mol. The molecule has 0 aromatic carbocycles. The van der Waals surface area contributed by atoms with Gasteiger partial charge in [0.2, 0.25) is 5.91 Å². The fourth-order valence-electron chi connectivity index (χ4n) is 1.20. The van der Waals surface area contributed by atoms with Crippen molar-refractivity contribution in [3.05, 3.63) is 17.5 Å². The second kappa shape index (κ2) is 4.59. The molecular weight excluding hydrogens is 198 g/mol. The summed E-state index contributed by atoms with van der Waals surface area (Å²) in [5.41, 5.74) is 1.71. The molecule has 1 amide bonds. The summed E-state index contributed by atoms with van der Waals surface area (Å²) in [5, 5.41) is 14.7. The van der Waals surface area contributed by atoms with Gasteiger partial charge in [0, 0.05) is 5.69 Å². The summed E-state index contributed by atoms with van der Waals surface area (Å²) in [6.07, 6.45) is 0. The highest BCUT2D eigenvalue weighted by atomic mass is 16.4. The van der Waals surface area contributed by atoms with Crippen LogP contribution < -0.4 is 5.32 Å². The Kier molecular flexibility index (Phi) is 3.43. The minimum Gasteiger partial charge on any atom is -0.480 e. The number of nitrogens with one attached hydrogen (secondary N) is 1. The van der Waals surface area contributed by atoms with Gasteiger partial charge >= 0.3 is 5.97 Å². The highest BCUT2D eigenvalue weighted by molar-refractivity contribution is 5.80. The standard InChI is InChI=1S/C9H13N3O3/c1-6-3-7(2)12(11-6)5-8(13)10-4-9(14)15/h3H,4-5H2,1-2H3,(H,10,13)(H,14,15). The van der Waals surface area contributed by atoms with E-state index in [-0.39, 0.29) is 19.0 Å². The third-order valence-corrected chi connectivity index (χ3v) is 1.83. The minimum atomic E-state index is -1.06. The number of rotatable bonds is 4. The van der Waals surface area contributed by atoms with Gasteiger partial charge in [-0.25, -0.2) is 0 Å². The van der Waals surface area contributed by atoms with Crippen molar-refractivity contribution in [2.75, 3.05) is 6.54 Å². The number of nitrogens with zero attached hydrogens (tertiary/aromatic N) is 2. The molecular formula is C9H13N3O3. The fourth-order valence-corrected chi connectivity index (χ4v) is 1.20. The predicted octanol–water partition coefficient (Wildman–Crippen LogP) is -0.299. The number of hydrogen-bond acceptors (Lipinski definition) is 3. The Balaban J connectivity index is 2.51. The van der Waals surface area contributed by atoms with Crippen molar-refractivity contribution >= 4 is 11.9 Å². The lowest BCUT2D eigenvalue weighted by atomic mass is 10.4. The number of aromatic nitrogens is 2. The first kappa shape index (κ1) is 11.2. The molecule has 6 nitrogen and oxygen atoms in total. The normalized spacial score (nSPS) is 10.0. The van der Waals surface area contributed by atoms with Crippen molar-refractivity contribution in [2.45, 2.75) is 20.4 Å². The molecule has 0 unspecified atom stereocenters. The SMILES string of the molecule is Cc1cc(C)n(CC(=O)NCC(=O)O)n1. The number of carbonyl (C=O) groups is 2. The Morgan fingerprint density at radius 3 is 2.67 bits per heavy atom. The van der Waals surface area contributed by atoms with Crippen LogP contribution >= 0.6 is 0 Å². The van der Waals surface area contributed by atoms with E-state index in [0.717, 1.165) is 11.4 Å². The average molecular weight is 211 g/mol. The monoisotopic (exact) mass is 211 g/mol. The third-order valence-electron chi connectivity index (χ3n) is 1.83. The topological polar surface area (TPSA) is 84.2 Å². The molecule has 0 fully saturated rings. The summed E-state index contributed by atoms with van der Waals surface area (Å²) < 4.78 is 1.53. The van der Waals surface area contributed by atoms with Crippen LogP contribution in [0.4, 0.5) is 0 Å². The molecule has 1 rings (SSSR count). The molecule has 0 radical (unpaired) electrons. The number of aryl methyl sites for hydroxylation is 2. The van der Waals surface area contributed by atoms with Gasteiger partial charge in [-0.2, -0.15) is 5.10 Å². The van der Waals surface area contributed by atoms with Crippen molar-refractivity contribution in [3.8, 4) is 0 Å². The van der Waals surface area contributed by atoms with E-state index < -0.39 is 5.97 Å². The minimum absolute atomic E-state index is 0.0486. The maximum Gasteiger partial charge on any atom is 0.322 e. The van der Waals surface area contributed by atoms with E-state index in [1.807, 2.05) is 19.9 Å². The van der Waals surface area contributed by atoms with Gasteiger partial charge in [-0.3, -0.25) is 14.3 Å². The maximum atomic E-state index is 11.2. The van der Waals surface area contributed by atoms with E-state index in [2.05, 4.69) is 10.4 Å². The van der Waals surface area contributed by atoms with E-state index in [9.17, 15) is 9.59 Å². The summed E-state index contributed by atoms with van der Waals surface area (Å²) in [7, 11) is 0. The van der Waals surface area contributed by atoms with Crippen molar-refractivity contribution in [3.63, 3.8) is 0 Å². The molecule has 0 aliphatic rings. The lowest BCUT2D eigenvalue weighted by Gasteiger charge is -2.04. The molecule has 0 spiro atoms. The first-order chi connectivity index (χ1) is 6.99. The molecule has 6 heteroatoms. The quantitative estimate of drug-likeness (QED) is 0.716. The summed E-state index contributed by atoms with van der Waals surface area (Å²) in [6.45, 7) is 3.36. The smallest absolute Gasteiger partial charge is 0.322 e. The summed E-state index contributed by atoms with van der Waals surface area (Å²) in [4.78, 5) is 21.4. The first-order valence-corrected chi connectivity index (χ1v) is 4.48. The van der Waals surface area contributed by atoms with Gasteiger partial charge < -0.3 is 10.4 Å². The van der Waals surface area contributed by atoms with Crippen molar-refractivity contribution in [1.29, 1.82) is 0 Å². The lowest BCUT2D eigenvalue weighted by molar-refractivity contribution is -0.138. The first-order valence-electron chi connectivity index (χ1n) is 4.48.